The smallest absolute Gasteiger partial charge is 0.0699 e. The van der Waals surface area contributed by atoms with Crippen LogP contribution in [0.2, 0.25) is 0 Å². The zero-order chi connectivity index (χ0) is 10.1. The minimum Gasteiger partial charge on any atom is -0.392 e. The maximum atomic E-state index is 8.97. The molecule has 0 spiro atoms. The zero-order valence-corrected chi connectivity index (χ0v) is 8.76. The van der Waals surface area contributed by atoms with Crippen LogP contribution in [0.25, 0.3) is 0 Å². The summed E-state index contributed by atoms with van der Waals surface area (Å²) in [5, 5.41) is 8.97. The van der Waals surface area contributed by atoms with Crippen molar-refractivity contribution in [2.75, 3.05) is 0 Å². The fourth-order valence-corrected chi connectivity index (χ4v) is 1.17. The first kappa shape index (κ1) is 10.2. The number of hydrogen-bond donors (Lipinski definition) is 1. The number of aromatic nitrogens is 1. The van der Waals surface area contributed by atoms with Gasteiger partial charge < -0.3 is 5.11 Å². The number of pyridine rings is 1. The lowest BCUT2D eigenvalue weighted by Crippen LogP contribution is -2.14. The number of hydrogen-bond acceptors (Lipinski definition) is 2. The molecule has 0 atom stereocenters. The Balaban J connectivity index is 3.10. The Kier molecular flexibility index (Phi) is 2.71. The zero-order valence-electron chi connectivity index (χ0n) is 8.76. The Morgan fingerprint density at radius 2 is 1.92 bits per heavy atom. The predicted molar refractivity (Wildman–Crippen MR) is 53.6 cm³/mol. The van der Waals surface area contributed by atoms with Crippen LogP contribution in [0.5, 0.6) is 0 Å². The normalized spacial score (nSPS) is 11.8. The van der Waals surface area contributed by atoms with E-state index in [2.05, 4.69) is 25.8 Å². The molecule has 1 aromatic heterocycles. The largest absolute Gasteiger partial charge is 0.392 e. The number of nitrogens with zero attached hydrogens (tertiary/aromatic N) is 1. The van der Waals surface area contributed by atoms with Crippen molar-refractivity contribution < 1.29 is 5.11 Å². The van der Waals surface area contributed by atoms with E-state index in [4.69, 9.17) is 5.11 Å². The van der Waals surface area contributed by atoms with Crippen LogP contribution in [0.1, 0.15) is 37.7 Å². The first-order chi connectivity index (χ1) is 5.95. The van der Waals surface area contributed by atoms with Crippen LogP contribution in [0.15, 0.2) is 12.1 Å². The summed E-state index contributed by atoms with van der Waals surface area (Å²) in [4.78, 5) is 4.46. The third-order valence-corrected chi connectivity index (χ3v) is 2.13. The van der Waals surface area contributed by atoms with Gasteiger partial charge in [-0.2, -0.15) is 0 Å². The van der Waals surface area contributed by atoms with Gasteiger partial charge in [-0.05, 0) is 18.6 Å². The summed E-state index contributed by atoms with van der Waals surface area (Å²) in [6.07, 6.45) is 0. The van der Waals surface area contributed by atoms with E-state index in [1.807, 2.05) is 19.1 Å². The van der Waals surface area contributed by atoms with E-state index in [0.29, 0.717) is 0 Å². The third-order valence-electron chi connectivity index (χ3n) is 2.13. The average molecular weight is 179 g/mol. The molecule has 0 saturated carbocycles. The van der Waals surface area contributed by atoms with Gasteiger partial charge in [0.25, 0.3) is 0 Å². The first-order valence-corrected chi connectivity index (χ1v) is 4.53. The van der Waals surface area contributed by atoms with E-state index >= 15 is 0 Å². The van der Waals surface area contributed by atoms with Gasteiger partial charge in [-0.3, -0.25) is 4.98 Å². The molecule has 0 fully saturated rings. The van der Waals surface area contributed by atoms with Crippen molar-refractivity contribution in [2.24, 2.45) is 0 Å². The Hall–Kier alpha value is -0.890. The molecule has 0 amide bonds. The van der Waals surface area contributed by atoms with Gasteiger partial charge in [0.1, 0.15) is 0 Å². The van der Waals surface area contributed by atoms with Crippen LogP contribution in [0, 0.1) is 6.92 Å². The molecule has 0 radical (unpaired) electrons. The van der Waals surface area contributed by atoms with Crippen LogP contribution in [0.4, 0.5) is 0 Å². The highest BCUT2D eigenvalue weighted by Crippen LogP contribution is 2.21. The van der Waals surface area contributed by atoms with Crippen molar-refractivity contribution >= 4 is 0 Å². The molecule has 0 aliphatic heterocycles. The fraction of sp³-hybridized carbons (Fsp3) is 0.545. The molecule has 0 aliphatic rings. The monoisotopic (exact) mass is 179 g/mol. The second-order valence-corrected chi connectivity index (χ2v) is 4.35. The van der Waals surface area contributed by atoms with Gasteiger partial charge in [0, 0.05) is 16.8 Å². The number of aliphatic hydroxyl groups is 1. The van der Waals surface area contributed by atoms with Gasteiger partial charge in [0.05, 0.1) is 6.61 Å². The van der Waals surface area contributed by atoms with Crippen molar-refractivity contribution in [3.63, 3.8) is 0 Å². The standard InChI is InChI=1S/C11H17NO/c1-8-9(7-13)5-6-10(12-8)11(2,3)4/h5-6,13H,7H2,1-4H3. The molecule has 1 N–H and O–H groups in total. The van der Waals surface area contributed by atoms with Gasteiger partial charge in [0.2, 0.25) is 0 Å². The van der Waals surface area contributed by atoms with Gasteiger partial charge in [0.15, 0.2) is 0 Å². The average Bonchev–Trinajstić information content (AvgIpc) is 2.02. The molecule has 1 rings (SSSR count). The fourth-order valence-electron chi connectivity index (χ4n) is 1.17. The molecule has 1 aromatic rings. The highest BCUT2D eigenvalue weighted by molar-refractivity contribution is 5.24. The summed E-state index contributed by atoms with van der Waals surface area (Å²) >= 11 is 0. The van der Waals surface area contributed by atoms with E-state index in [1.165, 1.54) is 0 Å². The Labute approximate surface area is 79.6 Å². The van der Waals surface area contributed by atoms with Crippen molar-refractivity contribution in [1.82, 2.24) is 4.98 Å². The predicted octanol–water partition coefficient (Wildman–Crippen LogP) is 2.18. The SMILES string of the molecule is Cc1nc(C(C)(C)C)ccc1CO. The quantitative estimate of drug-likeness (QED) is 0.716. The topological polar surface area (TPSA) is 33.1 Å². The highest BCUT2D eigenvalue weighted by Gasteiger charge is 2.15. The van der Waals surface area contributed by atoms with Crippen molar-refractivity contribution in [1.29, 1.82) is 0 Å². The Morgan fingerprint density at radius 3 is 2.31 bits per heavy atom. The van der Waals surface area contributed by atoms with Gasteiger partial charge in [-0.15, -0.1) is 0 Å². The molecule has 0 unspecified atom stereocenters. The summed E-state index contributed by atoms with van der Waals surface area (Å²) in [6.45, 7) is 8.40. The lowest BCUT2D eigenvalue weighted by atomic mass is 9.91. The molecule has 13 heavy (non-hydrogen) atoms. The second kappa shape index (κ2) is 3.46. The minimum absolute atomic E-state index is 0.0727. The molecule has 0 aromatic carbocycles. The van der Waals surface area contributed by atoms with Gasteiger partial charge >= 0.3 is 0 Å². The van der Waals surface area contributed by atoms with E-state index in [-0.39, 0.29) is 12.0 Å². The van der Waals surface area contributed by atoms with Gasteiger partial charge in [-0.1, -0.05) is 26.8 Å². The van der Waals surface area contributed by atoms with E-state index in [0.717, 1.165) is 17.0 Å². The number of aryl methyl sites for hydroxylation is 1. The van der Waals surface area contributed by atoms with Crippen molar-refractivity contribution in [2.45, 2.75) is 39.7 Å². The molecule has 0 bridgehead atoms. The second-order valence-electron chi connectivity index (χ2n) is 4.35. The van der Waals surface area contributed by atoms with E-state index in [9.17, 15) is 0 Å². The van der Waals surface area contributed by atoms with E-state index in [1.54, 1.807) is 0 Å². The van der Waals surface area contributed by atoms with Crippen LogP contribution < -0.4 is 0 Å². The minimum atomic E-state index is 0.0727. The number of rotatable bonds is 1. The van der Waals surface area contributed by atoms with Crippen LogP contribution >= 0.6 is 0 Å². The summed E-state index contributed by atoms with van der Waals surface area (Å²) < 4.78 is 0. The van der Waals surface area contributed by atoms with Crippen LogP contribution in [-0.4, -0.2) is 10.1 Å². The molecule has 1 heterocycles. The van der Waals surface area contributed by atoms with Crippen molar-refractivity contribution in [3.8, 4) is 0 Å². The molecule has 72 valence electrons. The lowest BCUT2D eigenvalue weighted by molar-refractivity contribution is 0.280. The third kappa shape index (κ3) is 2.28. The van der Waals surface area contributed by atoms with E-state index < -0.39 is 0 Å². The van der Waals surface area contributed by atoms with Gasteiger partial charge in [-0.25, -0.2) is 0 Å². The summed E-state index contributed by atoms with van der Waals surface area (Å²) in [5.41, 5.74) is 2.99. The molecular formula is C11H17NO. The Morgan fingerprint density at radius 1 is 1.31 bits per heavy atom. The summed E-state index contributed by atoms with van der Waals surface area (Å²) in [6, 6.07) is 3.93. The Bertz CT molecular complexity index is 299. The van der Waals surface area contributed by atoms with Crippen LogP contribution in [-0.2, 0) is 12.0 Å². The van der Waals surface area contributed by atoms with Crippen LogP contribution in [0.3, 0.4) is 0 Å². The maximum absolute atomic E-state index is 8.97. The highest BCUT2D eigenvalue weighted by atomic mass is 16.3. The molecular weight excluding hydrogens is 162 g/mol. The molecule has 0 saturated heterocycles. The maximum Gasteiger partial charge on any atom is 0.0699 e. The summed E-state index contributed by atoms with van der Waals surface area (Å²) in [7, 11) is 0. The first-order valence-electron chi connectivity index (χ1n) is 4.53. The molecule has 0 aliphatic carbocycles. The molecule has 2 nitrogen and oxygen atoms in total. The molecule has 2 heteroatoms. The summed E-state index contributed by atoms with van der Waals surface area (Å²) in [5.74, 6) is 0. The number of aliphatic hydroxyl groups excluding tert-OH is 1. The van der Waals surface area contributed by atoms with Crippen molar-refractivity contribution in [3.05, 3.63) is 29.1 Å². The lowest BCUT2D eigenvalue weighted by Gasteiger charge is -2.18.